The normalized spacial score (nSPS) is 20.1. The number of Topliss-reactive ketones (excluding diaryl/α,β-unsaturated/α-hetero) is 2. The molecule has 8 nitrogen and oxygen atoms in total. The van der Waals surface area contributed by atoms with Crippen LogP contribution in [0.25, 0.3) is 11.3 Å². The van der Waals surface area contributed by atoms with E-state index in [1.807, 2.05) is 0 Å². The molecule has 150 valence electrons. The molecule has 0 fully saturated rings. The van der Waals surface area contributed by atoms with E-state index in [1.54, 1.807) is 12.4 Å². The summed E-state index contributed by atoms with van der Waals surface area (Å²) < 4.78 is 5.89. The van der Waals surface area contributed by atoms with E-state index < -0.39 is 22.7 Å². The highest BCUT2D eigenvalue weighted by Crippen LogP contribution is 2.59. The van der Waals surface area contributed by atoms with Gasteiger partial charge < -0.3 is 25.4 Å². The number of anilines is 1. The van der Waals surface area contributed by atoms with Crippen LogP contribution >= 0.6 is 11.3 Å². The molecule has 0 saturated carbocycles. The van der Waals surface area contributed by atoms with Crippen LogP contribution in [-0.2, 0) is 15.0 Å². The molecule has 1 aromatic carbocycles. The van der Waals surface area contributed by atoms with Crippen LogP contribution in [-0.4, -0.2) is 38.9 Å². The molecule has 0 saturated heterocycles. The number of benzene rings is 1. The van der Waals surface area contributed by atoms with Crippen LogP contribution in [0.2, 0.25) is 0 Å². The molecule has 4 rings (SSSR count). The fourth-order valence-electron chi connectivity index (χ4n) is 3.77. The number of ether oxygens (including phenoxy) is 1. The van der Waals surface area contributed by atoms with Gasteiger partial charge in [-0.1, -0.05) is 0 Å². The lowest BCUT2D eigenvalue weighted by Crippen LogP contribution is -2.38. The van der Waals surface area contributed by atoms with E-state index in [-0.39, 0.29) is 45.3 Å². The van der Waals surface area contributed by atoms with Crippen molar-refractivity contribution in [2.24, 2.45) is 0 Å². The van der Waals surface area contributed by atoms with Gasteiger partial charge in [0, 0.05) is 24.1 Å². The van der Waals surface area contributed by atoms with E-state index >= 15 is 0 Å². The Labute approximate surface area is 169 Å². The molecule has 0 spiro atoms. The van der Waals surface area contributed by atoms with Gasteiger partial charge in [0.1, 0.15) is 39.8 Å². The summed E-state index contributed by atoms with van der Waals surface area (Å²) in [5.41, 5.74) is -0.979. The molecule has 2 aliphatic rings. The van der Waals surface area contributed by atoms with Crippen molar-refractivity contribution in [3.8, 4) is 28.5 Å². The summed E-state index contributed by atoms with van der Waals surface area (Å²) in [6, 6.07) is 0. The second kappa shape index (κ2) is 6.08. The van der Waals surface area contributed by atoms with E-state index in [9.17, 15) is 24.9 Å². The smallest absolute Gasteiger partial charge is 0.188 e. The van der Waals surface area contributed by atoms with Crippen molar-refractivity contribution in [2.45, 2.75) is 26.2 Å². The van der Waals surface area contributed by atoms with Crippen LogP contribution < -0.4 is 10.1 Å². The molecule has 0 radical (unpaired) electrons. The molecule has 0 amide bonds. The quantitative estimate of drug-likeness (QED) is 0.564. The number of ketones is 2. The van der Waals surface area contributed by atoms with Crippen LogP contribution in [0, 0.1) is 6.92 Å². The number of nitrogens with zero attached hydrogens (tertiary/aromatic N) is 1. The number of aliphatic hydroxyl groups is 1. The summed E-state index contributed by atoms with van der Waals surface area (Å²) >= 11 is 1.31. The molecule has 2 heterocycles. The lowest BCUT2D eigenvalue weighted by atomic mass is 9.71. The topological polar surface area (TPSA) is 129 Å². The largest absolute Gasteiger partial charge is 0.507 e. The molecule has 2 aromatic rings. The van der Waals surface area contributed by atoms with E-state index in [0.29, 0.717) is 10.8 Å². The van der Waals surface area contributed by atoms with Crippen molar-refractivity contribution in [1.82, 2.24) is 4.98 Å². The molecule has 1 aromatic heterocycles. The lowest BCUT2D eigenvalue weighted by Gasteiger charge is -2.28. The number of rotatable bonds is 3. The number of nitrogens with one attached hydrogen (secondary N) is 1. The number of fused-ring (bicyclic) bond motifs is 3. The van der Waals surface area contributed by atoms with Crippen LogP contribution in [0.5, 0.6) is 17.2 Å². The van der Waals surface area contributed by atoms with Crippen molar-refractivity contribution in [3.05, 3.63) is 39.7 Å². The number of phenols is 2. The second-order valence-electron chi connectivity index (χ2n) is 7.07. The zero-order valence-electron chi connectivity index (χ0n) is 16.1. The van der Waals surface area contributed by atoms with E-state index in [4.69, 9.17) is 4.74 Å². The number of allylic oxidation sites excluding steroid dienone is 3. The Morgan fingerprint density at radius 3 is 2.55 bits per heavy atom. The summed E-state index contributed by atoms with van der Waals surface area (Å²) in [6.45, 7) is 4.21. The fourth-order valence-corrected chi connectivity index (χ4v) is 4.43. The average Bonchev–Trinajstić information content (AvgIpc) is 3.23. The summed E-state index contributed by atoms with van der Waals surface area (Å²) in [4.78, 5) is 29.6. The third-order valence-corrected chi connectivity index (χ3v) is 6.23. The second-order valence-corrected chi connectivity index (χ2v) is 7.93. The molecule has 29 heavy (non-hydrogen) atoms. The highest BCUT2D eigenvalue weighted by molar-refractivity contribution is 7.14. The van der Waals surface area contributed by atoms with Gasteiger partial charge in [0.05, 0.1) is 16.8 Å². The van der Waals surface area contributed by atoms with E-state index in [2.05, 4.69) is 10.3 Å². The molecule has 0 bridgehead atoms. The number of aliphatic hydroxyl groups excluding tert-OH is 1. The van der Waals surface area contributed by atoms with Crippen molar-refractivity contribution in [3.63, 3.8) is 0 Å². The molecule has 4 N–H and O–H groups in total. The highest BCUT2D eigenvalue weighted by Gasteiger charge is 2.55. The third kappa shape index (κ3) is 2.34. The van der Waals surface area contributed by atoms with Crippen LogP contribution in [0.1, 0.15) is 25.0 Å². The van der Waals surface area contributed by atoms with Gasteiger partial charge in [-0.3, -0.25) is 9.59 Å². The van der Waals surface area contributed by atoms with Crippen LogP contribution in [0.3, 0.4) is 0 Å². The molecule has 9 heteroatoms. The summed E-state index contributed by atoms with van der Waals surface area (Å²) in [5.74, 6) is -2.17. The molecule has 0 unspecified atom stereocenters. The standard InChI is InChI=1S/C20H18N2O6S/c1-7-15(25)13(9-6-29-19(21-4)22-9)17-14(16(7)26)20(3)11(28-17)5-10(24)12(8(2)23)18(20)27/h5-6,24-26H,1-4H3,(H,21,22)/t20-/m1/s1. The van der Waals surface area contributed by atoms with Gasteiger partial charge in [0.2, 0.25) is 0 Å². The number of carbonyl (C=O) groups is 2. The van der Waals surface area contributed by atoms with Gasteiger partial charge in [0.25, 0.3) is 0 Å². The summed E-state index contributed by atoms with van der Waals surface area (Å²) in [6.07, 6.45) is 1.20. The van der Waals surface area contributed by atoms with Gasteiger partial charge in [-0.05, 0) is 20.8 Å². The first-order valence-electron chi connectivity index (χ1n) is 8.74. The van der Waals surface area contributed by atoms with Crippen molar-refractivity contribution >= 4 is 28.0 Å². The SMILES string of the molecule is CNc1nc(-c2c(O)c(C)c(O)c3c2OC2=CC(O)=C(C(C)=O)C(=O)[C@]23C)cs1. The Morgan fingerprint density at radius 1 is 1.28 bits per heavy atom. The van der Waals surface area contributed by atoms with Gasteiger partial charge in [-0.25, -0.2) is 4.98 Å². The maximum absolute atomic E-state index is 13.2. The first-order valence-corrected chi connectivity index (χ1v) is 9.62. The number of thiazole rings is 1. The van der Waals surface area contributed by atoms with Gasteiger partial charge in [-0.2, -0.15) is 0 Å². The molecule has 1 aliphatic carbocycles. The maximum atomic E-state index is 13.2. The minimum Gasteiger partial charge on any atom is -0.507 e. The Balaban J connectivity index is 2.05. The number of aromatic nitrogens is 1. The zero-order chi connectivity index (χ0) is 21.2. The van der Waals surface area contributed by atoms with Crippen LogP contribution in [0.15, 0.2) is 28.5 Å². The predicted octanol–water partition coefficient (Wildman–Crippen LogP) is 3.09. The molecular weight excluding hydrogens is 396 g/mol. The van der Waals surface area contributed by atoms with E-state index in [1.165, 1.54) is 38.2 Å². The minimum absolute atomic E-state index is 0.0608. The fraction of sp³-hybridized carbons (Fsp3) is 0.250. The third-order valence-electron chi connectivity index (χ3n) is 5.37. The van der Waals surface area contributed by atoms with Gasteiger partial charge in [0.15, 0.2) is 16.7 Å². The minimum atomic E-state index is -1.53. The number of hydrogen-bond donors (Lipinski definition) is 4. The summed E-state index contributed by atoms with van der Waals surface area (Å²) in [7, 11) is 1.71. The Morgan fingerprint density at radius 2 is 1.97 bits per heavy atom. The Hall–Kier alpha value is -3.33. The summed E-state index contributed by atoms with van der Waals surface area (Å²) in [5, 5.41) is 37.0. The Kier molecular flexibility index (Phi) is 3.99. The van der Waals surface area contributed by atoms with Crippen LogP contribution in [0.4, 0.5) is 5.13 Å². The first-order chi connectivity index (χ1) is 13.6. The van der Waals surface area contributed by atoms with Gasteiger partial charge >= 0.3 is 0 Å². The van der Waals surface area contributed by atoms with Crippen molar-refractivity contribution < 1.29 is 29.6 Å². The monoisotopic (exact) mass is 414 g/mol. The number of phenolic OH excluding ortho intramolecular Hbond substituents is 2. The molecule has 1 aliphatic heterocycles. The van der Waals surface area contributed by atoms with Gasteiger partial charge in [-0.15, -0.1) is 11.3 Å². The predicted molar refractivity (Wildman–Crippen MR) is 107 cm³/mol. The average molecular weight is 414 g/mol. The number of hydrogen-bond acceptors (Lipinski definition) is 9. The molecule has 1 atom stereocenters. The van der Waals surface area contributed by atoms with E-state index in [0.717, 1.165) is 0 Å². The maximum Gasteiger partial charge on any atom is 0.188 e. The molecular formula is C20H18N2O6S. The lowest BCUT2D eigenvalue weighted by molar-refractivity contribution is -0.123. The Bertz CT molecular complexity index is 1180. The number of aromatic hydroxyl groups is 2. The first kappa shape index (κ1) is 19.0. The van der Waals surface area contributed by atoms with Crippen molar-refractivity contribution in [2.75, 3.05) is 12.4 Å². The highest BCUT2D eigenvalue weighted by atomic mass is 32.1. The van der Waals surface area contributed by atoms with Crippen molar-refractivity contribution in [1.29, 1.82) is 0 Å². The number of carbonyl (C=O) groups excluding carboxylic acids is 2. The zero-order valence-corrected chi connectivity index (χ0v) is 16.9.